The standard InChI is InChI=1S/C30H34FN3O/c1-21(10-9-11-22(2)18-29(35)34-24-12-7-6-8-13-24)14-15-26-23(3)25(16-17-30(26,4)5)27-19-33-28(31)20-32-27/h6-15,18-20,25H,16-17H2,1-5H3,(H,34,35)/b11-9+,15-14+,21-10+,22-18-. The van der Waals surface area contributed by atoms with E-state index in [1.807, 2.05) is 55.5 Å². The third-order valence-corrected chi connectivity index (χ3v) is 6.36. The molecule has 182 valence electrons. The predicted molar refractivity (Wildman–Crippen MR) is 141 cm³/mol. The summed E-state index contributed by atoms with van der Waals surface area (Å²) >= 11 is 0. The Balaban J connectivity index is 1.69. The fourth-order valence-electron chi connectivity index (χ4n) is 4.38. The lowest BCUT2D eigenvalue weighted by molar-refractivity contribution is -0.111. The lowest BCUT2D eigenvalue weighted by Gasteiger charge is -2.37. The molecule has 0 fully saturated rings. The summed E-state index contributed by atoms with van der Waals surface area (Å²) in [4.78, 5) is 20.2. The number of hydrogen-bond acceptors (Lipinski definition) is 3. The number of rotatable bonds is 7. The summed E-state index contributed by atoms with van der Waals surface area (Å²) in [7, 11) is 0. The van der Waals surface area contributed by atoms with E-state index >= 15 is 0 Å². The van der Waals surface area contributed by atoms with Crippen molar-refractivity contribution in [3.63, 3.8) is 0 Å². The van der Waals surface area contributed by atoms with E-state index in [0.29, 0.717) is 0 Å². The molecule has 35 heavy (non-hydrogen) atoms. The Kier molecular flexibility index (Phi) is 8.69. The molecule has 1 aliphatic carbocycles. The molecule has 3 rings (SSSR count). The number of nitrogens with one attached hydrogen (secondary N) is 1. The van der Waals surface area contributed by atoms with Crippen molar-refractivity contribution in [2.45, 2.75) is 53.4 Å². The molecular formula is C30H34FN3O. The lowest BCUT2D eigenvalue weighted by atomic mass is 9.68. The van der Waals surface area contributed by atoms with Crippen molar-refractivity contribution in [1.29, 1.82) is 0 Å². The summed E-state index contributed by atoms with van der Waals surface area (Å²) in [6, 6.07) is 9.39. The minimum absolute atomic E-state index is 0.0477. The van der Waals surface area contributed by atoms with Crippen LogP contribution in [0.1, 0.15) is 59.1 Å². The molecule has 0 aliphatic heterocycles. The zero-order valence-corrected chi connectivity index (χ0v) is 21.2. The molecule has 4 nitrogen and oxygen atoms in total. The van der Waals surface area contributed by atoms with Crippen LogP contribution in [0.25, 0.3) is 0 Å². The van der Waals surface area contributed by atoms with Gasteiger partial charge in [-0.15, -0.1) is 0 Å². The van der Waals surface area contributed by atoms with Crippen molar-refractivity contribution >= 4 is 11.6 Å². The van der Waals surface area contributed by atoms with Gasteiger partial charge in [0.15, 0.2) is 0 Å². The zero-order chi connectivity index (χ0) is 25.4. The second-order valence-corrected chi connectivity index (χ2v) is 9.68. The Morgan fingerprint density at radius 1 is 1.09 bits per heavy atom. The zero-order valence-electron chi connectivity index (χ0n) is 21.2. The number of benzene rings is 1. The molecular weight excluding hydrogens is 437 g/mol. The van der Waals surface area contributed by atoms with Crippen molar-refractivity contribution in [1.82, 2.24) is 9.97 Å². The van der Waals surface area contributed by atoms with Gasteiger partial charge in [0, 0.05) is 17.7 Å². The molecule has 1 unspecified atom stereocenters. The van der Waals surface area contributed by atoms with Crippen molar-refractivity contribution in [3.05, 3.63) is 113 Å². The van der Waals surface area contributed by atoms with Crippen LogP contribution in [0.4, 0.5) is 10.1 Å². The highest BCUT2D eigenvalue weighted by Gasteiger charge is 2.33. The SMILES string of the molecule is CC1=C(/C=C/C(C)=C/C=C/C(C)=C\C(=O)Nc2ccccc2)C(C)(C)CCC1c1cnc(F)cn1. The Labute approximate surface area is 208 Å². The first kappa shape index (κ1) is 26.0. The fourth-order valence-corrected chi connectivity index (χ4v) is 4.38. The van der Waals surface area contributed by atoms with Gasteiger partial charge in [0.1, 0.15) is 0 Å². The van der Waals surface area contributed by atoms with E-state index in [4.69, 9.17) is 0 Å². The maximum absolute atomic E-state index is 13.2. The Morgan fingerprint density at radius 2 is 1.83 bits per heavy atom. The van der Waals surface area contributed by atoms with Gasteiger partial charge >= 0.3 is 0 Å². The number of halogens is 1. The van der Waals surface area contributed by atoms with Crippen molar-refractivity contribution in [3.8, 4) is 0 Å². The molecule has 0 spiro atoms. The van der Waals surface area contributed by atoms with E-state index in [1.165, 1.54) is 17.3 Å². The molecule has 2 aromatic rings. The largest absolute Gasteiger partial charge is 0.323 e. The number of para-hydroxylation sites is 1. The molecule has 1 aliphatic rings. The van der Waals surface area contributed by atoms with E-state index in [2.05, 4.69) is 55.1 Å². The van der Waals surface area contributed by atoms with Crippen LogP contribution in [0, 0.1) is 11.4 Å². The predicted octanol–water partition coefficient (Wildman–Crippen LogP) is 7.48. The summed E-state index contributed by atoms with van der Waals surface area (Å²) in [6.45, 7) is 10.6. The molecule has 1 heterocycles. The molecule has 1 aromatic carbocycles. The minimum Gasteiger partial charge on any atom is -0.323 e. The van der Waals surface area contributed by atoms with Gasteiger partial charge in [-0.2, -0.15) is 4.39 Å². The molecule has 1 amide bonds. The highest BCUT2D eigenvalue weighted by Crippen LogP contribution is 2.46. The third kappa shape index (κ3) is 7.44. The first-order valence-electron chi connectivity index (χ1n) is 11.9. The fraction of sp³-hybridized carbons (Fsp3) is 0.300. The van der Waals surface area contributed by atoms with Gasteiger partial charge < -0.3 is 5.32 Å². The van der Waals surface area contributed by atoms with E-state index in [1.54, 1.807) is 12.3 Å². The molecule has 1 atom stereocenters. The molecule has 0 radical (unpaired) electrons. The van der Waals surface area contributed by atoms with Crippen LogP contribution in [-0.4, -0.2) is 15.9 Å². The van der Waals surface area contributed by atoms with Gasteiger partial charge in [0.2, 0.25) is 11.9 Å². The number of amides is 1. The maximum Gasteiger partial charge on any atom is 0.248 e. The van der Waals surface area contributed by atoms with Crippen molar-refractivity contribution in [2.75, 3.05) is 5.32 Å². The van der Waals surface area contributed by atoms with Crippen molar-refractivity contribution in [2.24, 2.45) is 5.41 Å². The molecule has 1 aromatic heterocycles. The van der Waals surface area contributed by atoms with Crippen LogP contribution < -0.4 is 5.32 Å². The molecule has 0 saturated carbocycles. The highest BCUT2D eigenvalue weighted by molar-refractivity contribution is 5.99. The second-order valence-electron chi connectivity index (χ2n) is 9.68. The van der Waals surface area contributed by atoms with Gasteiger partial charge in [0.25, 0.3) is 0 Å². The van der Waals surface area contributed by atoms with Crippen LogP contribution >= 0.6 is 0 Å². The van der Waals surface area contributed by atoms with Gasteiger partial charge in [-0.3, -0.25) is 9.78 Å². The van der Waals surface area contributed by atoms with Gasteiger partial charge in [-0.25, -0.2) is 4.98 Å². The first-order chi connectivity index (χ1) is 16.7. The summed E-state index contributed by atoms with van der Waals surface area (Å²) in [5, 5.41) is 2.85. The quantitative estimate of drug-likeness (QED) is 0.336. The monoisotopic (exact) mass is 471 g/mol. The van der Waals surface area contributed by atoms with Crippen LogP contribution in [0.2, 0.25) is 0 Å². The Bertz CT molecular complexity index is 1190. The number of nitrogens with zero attached hydrogens (tertiary/aromatic N) is 2. The number of allylic oxidation sites excluding steroid dienone is 9. The first-order valence-corrected chi connectivity index (χ1v) is 11.9. The maximum atomic E-state index is 13.2. The summed E-state index contributed by atoms with van der Waals surface area (Å²) in [5.74, 6) is -0.557. The van der Waals surface area contributed by atoms with Crippen LogP contribution in [0.3, 0.4) is 0 Å². The molecule has 5 heteroatoms. The average molecular weight is 472 g/mol. The second kappa shape index (κ2) is 11.7. The lowest BCUT2D eigenvalue weighted by Crippen LogP contribution is -2.24. The third-order valence-electron chi connectivity index (χ3n) is 6.36. The summed E-state index contributed by atoms with van der Waals surface area (Å²) in [5.41, 5.74) is 6.14. The van der Waals surface area contributed by atoms with Crippen LogP contribution in [0.15, 0.2) is 101 Å². The number of anilines is 1. The number of aromatic nitrogens is 2. The van der Waals surface area contributed by atoms with Gasteiger partial charge in [-0.1, -0.05) is 73.6 Å². The number of hydrogen-bond donors (Lipinski definition) is 1. The minimum atomic E-state index is -0.553. The van der Waals surface area contributed by atoms with Crippen LogP contribution in [-0.2, 0) is 4.79 Å². The number of carbonyl (C=O) groups is 1. The van der Waals surface area contributed by atoms with E-state index < -0.39 is 5.95 Å². The topological polar surface area (TPSA) is 54.9 Å². The Hall–Kier alpha value is -3.60. The molecule has 0 bridgehead atoms. The van der Waals surface area contributed by atoms with E-state index in [0.717, 1.165) is 35.4 Å². The Morgan fingerprint density at radius 3 is 2.51 bits per heavy atom. The van der Waals surface area contributed by atoms with Gasteiger partial charge in [-0.05, 0) is 62.3 Å². The normalized spacial score (nSPS) is 19.0. The van der Waals surface area contributed by atoms with E-state index in [-0.39, 0.29) is 17.2 Å². The summed E-state index contributed by atoms with van der Waals surface area (Å²) < 4.78 is 13.2. The number of carbonyl (C=O) groups excluding carboxylic acids is 1. The van der Waals surface area contributed by atoms with Crippen molar-refractivity contribution < 1.29 is 9.18 Å². The highest BCUT2D eigenvalue weighted by atomic mass is 19.1. The summed E-state index contributed by atoms with van der Waals surface area (Å²) in [6.07, 6.45) is 16.5. The smallest absolute Gasteiger partial charge is 0.248 e. The average Bonchev–Trinajstić information content (AvgIpc) is 2.80. The van der Waals surface area contributed by atoms with Gasteiger partial charge in [0.05, 0.1) is 18.1 Å². The molecule has 1 N–H and O–H groups in total. The van der Waals surface area contributed by atoms with E-state index in [9.17, 15) is 9.18 Å². The molecule has 0 saturated heterocycles. The van der Waals surface area contributed by atoms with Crippen LogP contribution in [0.5, 0.6) is 0 Å².